The lowest BCUT2D eigenvalue weighted by Crippen LogP contribution is -2.31. The molecule has 0 bridgehead atoms. The van der Waals surface area contributed by atoms with E-state index in [0.29, 0.717) is 6.54 Å². The van der Waals surface area contributed by atoms with Crippen LogP contribution in [-0.4, -0.2) is 12.4 Å². The van der Waals surface area contributed by atoms with Gasteiger partial charge in [-0.3, -0.25) is 4.99 Å². The van der Waals surface area contributed by atoms with Gasteiger partial charge in [-0.1, -0.05) is 36.4 Å². The third-order valence-corrected chi connectivity index (χ3v) is 2.48. The predicted molar refractivity (Wildman–Crippen MR) is 68.3 cm³/mol. The van der Waals surface area contributed by atoms with Crippen molar-refractivity contribution >= 4 is 16.6 Å². The Morgan fingerprint density at radius 2 is 1.94 bits per heavy atom. The van der Waals surface area contributed by atoms with Crippen LogP contribution in [0.1, 0.15) is 12.5 Å². The van der Waals surface area contributed by atoms with E-state index in [9.17, 15) is 0 Å². The molecule has 0 spiro atoms. The predicted octanol–water partition coefficient (Wildman–Crippen LogP) is 2.07. The third kappa shape index (κ3) is 2.04. The zero-order valence-electron chi connectivity index (χ0n) is 9.27. The van der Waals surface area contributed by atoms with Crippen LogP contribution in [-0.2, 0) is 0 Å². The van der Waals surface area contributed by atoms with Gasteiger partial charge in [0.2, 0.25) is 0 Å². The Balaban J connectivity index is 2.50. The summed E-state index contributed by atoms with van der Waals surface area (Å²) in [6, 6.07) is 14.4. The van der Waals surface area contributed by atoms with Crippen molar-refractivity contribution in [2.45, 2.75) is 6.92 Å². The average molecular weight is 213 g/mol. The van der Waals surface area contributed by atoms with E-state index in [2.05, 4.69) is 34.7 Å². The Morgan fingerprint density at radius 1 is 1.19 bits per heavy atom. The molecule has 0 aromatic heterocycles. The Labute approximate surface area is 95.0 Å². The van der Waals surface area contributed by atoms with Gasteiger partial charge in [-0.2, -0.15) is 0 Å². The van der Waals surface area contributed by atoms with Crippen molar-refractivity contribution in [1.29, 1.82) is 0 Å². The number of nitrogens with two attached hydrogens (primary N) is 1. The molecule has 0 aliphatic carbocycles. The Morgan fingerprint density at radius 3 is 2.62 bits per heavy atom. The Hall–Kier alpha value is -1.87. The highest BCUT2D eigenvalue weighted by Crippen LogP contribution is 2.15. The van der Waals surface area contributed by atoms with Crippen molar-refractivity contribution in [2.75, 3.05) is 6.54 Å². The molecule has 0 heterocycles. The maximum absolute atomic E-state index is 5.45. The third-order valence-electron chi connectivity index (χ3n) is 2.48. The molecule has 2 rings (SSSR count). The SMILES string of the molecule is CCN=C(NN)c1ccc2ccccc2c1. The minimum Gasteiger partial charge on any atom is -0.308 e. The van der Waals surface area contributed by atoms with Gasteiger partial charge in [0, 0.05) is 12.1 Å². The summed E-state index contributed by atoms with van der Waals surface area (Å²) >= 11 is 0. The number of hydrogen-bond acceptors (Lipinski definition) is 2. The molecular weight excluding hydrogens is 198 g/mol. The monoisotopic (exact) mass is 213 g/mol. The fourth-order valence-corrected chi connectivity index (χ4v) is 1.71. The standard InChI is InChI=1S/C13H15N3/c1-2-15-13(16-14)12-8-7-10-5-3-4-6-11(10)9-12/h3-9H,2,14H2,1H3,(H,15,16). The number of nitrogens with zero attached hydrogens (tertiary/aromatic N) is 1. The van der Waals surface area contributed by atoms with Gasteiger partial charge in [-0.15, -0.1) is 0 Å². The van der Waals surface area contributed by atoms with E-state index in [0.717, 1.165) is 11.4 Å². The van der Waals surface area contributed by atoms with Gasteiger partial charge in [-0.25, -0.2) is 5.84 Å². The quantitative estimate of drug-likeness (QED) is 0.347. The summed E-state index contributed by atoms with van der Waals surface area (Å²) in [5, 5.41) is 2.41. The van der Waals surface area contributed by atoms with Crippen LogP contribution in [0.2, 0.25) is 0 Å². The minimum atomic E-state index is 0.715. The molecule has 0 fully saturated rings. The zero-order chi connectivity index (χ0) is 11.4. The van der Waals surface area contributed by atoms with Gasteiger partial charge in [0.1, 0.15) is 5.84 Å². The van der Waals surface area contributed by atoms with E-state index in [1.54, 1.807) is 0 Å². The van der Waals surface area contributed by atoms with Crippen LogP contribution in [0, 0.1) is 0 Å². The molecule has 0 saturated carbocycles. The first kappa shape index (κ1) is 10.6. The largest absolute Gasteiger partial charge is 0.308 e. The summed E-state index contributed by atoms with van der Waals surface area (Å²) in [7, 11) is 0. The van der Waals surface area contributed by atoms with Gasteiger partial charge >= 0.3 is 0 Å². The van der Waals surface area contributed by atoms with Gasteiger partial charge in [0.25, 0.3) is 0 Å². The number of rotatable bonds is 2. The van der Waals surface area contributed by atoms with Crippen molar-refractivity contribution in [3.63, 3.8) is 0 Å². The van der Waals surface area contributed by atoms with Crippen LogP contribution in [0.5, 0.6) is 0 Å². The fourth-order valence-electron chi connectivity index (χ4n) is 1.71. The number of nitrogens with one attached hydrogen (secondary N) is 1. The van der Waals surface area contributed by atoms with Crippen LogP contribution >= 0.6 is 0 Å². The molecule has 0 amide bonds. The molecule has 0 saturated heterocycles. The molecular formula is C13H15N3. The van der Waals surface area contributed by atoms with E-state index in [4.69, 9.17) is 5.84 Å². The molecule has 82 valence electrons. The van der Waals surface area contributed by atoms with Crippen molar-refractivity contribution in [3.8, 4) is 0 Å². The summed E-state index contributed by atoms with van der Waals surface area (Å²) in [5.74, 6) is 6.18. The minimum absolute atomic E-state index is 0.715. The Kier molecular flexibility index (Phi) is 3.17. The fraction of sp³-hybridized carbons (Fsp3) is 0.154. The summed E-state index contributed by atoms with van der Waals surface area (Å²) in [4.78, 5) is 4.30. The molecule has 0 radical (unpaired) electrons. The molecule has 0 aliphatic rings. The maximum Gasteiger partial charge on any atom is 0.142 e. The number of benzene rings is 2. The average Bonchev–Trinajstić information content (AvgIpc) is 2.35. The summed E-state index contributed by atoms with van der Waals surface area (Å²) in [6.45, 7) is 2.70. The van der Waals surface area contributed by atoms with Crippen molar-refractivity contribution in [1.82, 2.24) is 5.43 Å². The first-order valence-corrected chi connectivity index (χ1v) is 5.35. The topological polar surface area (TPSA) is 50.4 Å². The molecule has 3 nitrogen and oxygen atoms in total. The van der Waals surface area contributed by atoms with E-state index >= 15 is 0 Å². The molecule has 3 N–H and O–H groups in total. The number of amidine groups is 1. The van der Waals surface area contributed by atoms with Crippen LogP contribution in [0.15, 0.2) is 47.5 Å². The molecule has 0 unspecified atom stereocenters. The van der Waals surface area contributed by atoms with Crippen LogP contribution in [0.25, 0.3) is 10.8 Å². The highest BCUT2D eigenvalue weighted by atomic mass is 15.2. The first-order chi connectivity index (χ1) is 7.85. The highest BCUT2D eigenvalue weighted by Gasteiger charge is 2.01. The molecule has 16 heavy (non-hydrogen) atoms. The second kappa shape index (κ2) is 4.77. The lowest BCUT2D eigenvalue weighted by molar-refractivity contribution is 0.992. The maximum atomic E-state index is 5.45. The smallest absolute Gasteiger partial charge is 0.142 e. The summed E-state index contributed by atoms with van der Waals surface area (Å²) < 4.78 is 0. The van der Waals surface area contributed by atoms with Crippen LogP contribution in [0.3, 0.4) is 0 Å². The summed E-state index contributed by atoms with van der Waals surface area (Å²) in [5.41, 5.74) is 3.65. The number of hydrogen-bond donors (Lipinski definition) is 2. The molecule has 0 aliphatic heterocycles. The molecule has 2 aromatic rings. The van der Waals surface area contributed by atoms with Gasteiger partial charge < -0.3 is 5.43 Å². The van der Waals surface area contributed by atoms with Gasteiger partial charge in [-0.05, 0) is 23.8 Å². The molecule has 0 atom stereocenters. The first-order valence-electron chi connectivity index (χ1n) is 5.35. The number of aliphatic imine (C=N–C) groups is 1. The highest BCUT2D eigenvalue weighted by molar-refractivity contribution is 6.01. The second-order valence-electron chi connectivity index (χ2n) is 3.53. The van der Waals surface area contributed by atoms with E-state index in [1.165, 1.54) is 10.8 Å². The normalized spacial score (nSPS) is 11.8. The van der Waals surface area contributed by atoms with Crippen LogP contribution < -0.4 is 11.3 Å². The lowest BCUT2D eigenvalue weighted by Gasteiger charge is -2.06. The zero-order valence-corrected chi connectivity index (χ0v) is 9.27. The second-order valence-corrected chi connectivity index (χ2v) is 3.53. The van der Waals surface area contributed by atoms with Gasteiger partial charge in [0.05, 0.1) is 0 Å². The van der Waals surface area contributed by atoms with Crippen molar-refractivity contribution < 1.29 is 0 Å². The van der Waals surface area contributed by atoms with E-state index < -0.39 is 0 Å². The lowest BCUT2D eigenvalue weighted by atomic mass is 10.1. The number of fused-ring (bicyclic) bond motifs is 1. The van der Waals surface area contributed by atoms with E-state index in [1.807, 2.05) is 25.1 Å². The molecule has 3 heteroatoms. The molecule has 2 aromatic carbocycles. The van der Waals surface area contributed by atoms with E-state index in [-0.39, 0.29) is 0 Å². The number of hydrazine groups is 1. The summed E-state index contributed by atoms with van der Waals surface area (Å²) in [6.07, 6.45) is 0. The van der Waals surface area contributed by atoms with Crippen molar-refractivity contribution in [3.05, 3.63) is 48.0 Å². The van der Waals surface area contributed by atoms with Gasteiger partial charge in [0.15, 0.2) is 0 Å². The van der Waals surface area contributed by atoms with Crippen molar-refractivity contribution in [2.24, 2.45) is 10.8 Å². The Bertz CT molecular complexity index is 517. The van der Waals surface area contributed by atoms with Crippen LogP contribution in [0.4, 0.5) is 0 Å².